The molecule has 2 aromatic carbocycles. The fourth-order valence-corrected chi connectivity index (χ4v) is 3.90. The molecule has 0 aliphatic rings. The minimum absolute atomic E-state index is 0.316. The molecule has 1 heterocycles. The van der Waals surface area contributed by atoms with Gasteiger partial charge >= 0.3 is 0 Å². The first-order valence-corrected chi connectivity index (χ1v) is 11.7. The number of benzene rings is 2. The van der Waals surface area contributed by atoms with E-state index >= 15 is 0 Å². The second-order valence-corrected chi connectivity index (χ2v) is 8.91. The lowest BCUT2D eigenvalue weighted by Gasteiger charge is -2.43. The lowest BCUT2D eigenvalue weighted by molar-refractivity contribution is -0.143. The SMILES string of the molecule is C=C(/C=C/c1ccc(-n2cnc(C)c2)c(OC)c1)N(CC(C)CC)C(C)(ON)c1ccc(F)cc1. The van der Waals surface area contributed by atoms with Gasteiger partial charge in [0.2, 0.25) is 0 Å². The summed E-state index contributed by atoms with van der Waals surface area (Å²) in [6.07, 6.45) is 8.59. The molecule has 3 rings (SSSR count). The first-order chi connectivity index (χ1) is 16.7. The van der Waals surface area contributed by atoms with Crippen molar-refractivity contribution in [2.24, 2.45) is 11.8 Å². The molecule has 0 saturated heterocycles. The number of halogens is 1. The summed E-state index contributed by atoms with van der Waals surface area (Å²) in [7, 11) is 1.65. The molecule has 0 saturated carbocycles. The van der Waals surface area contributed by atoms with Crippen LogP contribution in [0, 0.1) is 18.7 Å². The maximum absolute atomic E-state index is 13.6. The summed E-state index contributed by atoms with van der Waals surface area (Å²) < 4.78 is 21.1. The normalized spacial score (nSPS) is 14.0. The van der Waals surface area contributed by atoms with Gasteiger partial charge in [0, 0.05) is 24.0 Å². The number of allylic oxidation sites excluding steroid dienone is 1. The average Bonchev–Trinajstić information content (AvgIpc) is 3.31. The van der Waals surface area contributed by atoms with Crippen molar-refractivity contribution in [1.82, 2.24) is 14.5 Å². The van der Waals surface area contributed by atoms with Crippen LogP contribution in [-0.4, -0.2) is 28.1 Å². The molecule has 0 spiro atoms. The molecule has 0 aliphatic heterocycles. The molecule has 0 fully saturated rings. The van der Waals surface area contributed by atoms with E-state index in [-0.39, 0.29) is 5.82 Å². The number of nitrogens with zero attached hydrogens (tertiary/aromatic N) is 3. The molecular weight excluding hydrogens is 443 g/mol. The minimum atomic E-state index is -1.03. The zero-order valence-electron chi connectivity index (χ0n) is 21.2. The van der Waals surface area contributed by atoms with Gasteiger partial charge in [0.05, 0.1) is 24.8 Å². The first-order valence-electron chi connectivity index (χ1n) is 11.7. The molecule has 0 aliphatic carbocycles. The van der Waals surface area contributed by atoms with Crippen LogP contribution in [0.3, 0.4) is 0 Å². The maximum atomic E-state index is 13.6. The van der Waals surface area contributed by atoms with Gasteiger partial charge in [0.15, 0.2) is 5.72 Å². The minimum Gasteiger partial charge on any atom is -0.495 e. The highest BCUT2D eigenvalue weighted by Gasteiger charge is 2.35. The van der Waals surface area contributed by atoms with E-state index in [9.17, 15) is 4.39 Å². The maximum Gasteiger partial charge on any atom is 0.184 e. The van der Waals surface area contributed by atoms with Crippen LogP contribution >= 0.6 is 0 Å². The zero-order chi connectivity index (χ0) is 25.6. The fourth-order valence-electron chi connectivity index (χ4n) is 3.90. The van der Waals surface area contributed by atoms with Crippen molar-refractivity contribution in [2.75, 3.05) is 13.7 Å². The van der Waals surface area contributed by atoms with Gasteiger partial charge in [0.1, 0.15) is 11.6 Å². The van der Waals surface area contributed by atoms with Crippen LogP contribution < -0.4 is 10.6 Å². The van der Waals surface area contributed by atoms with Crippen LogP contribution in [0.2, 0.25) is 0 Å². The van der Waals surface area contributed by atoms with Crippen molar-refractivity contribution in [3.8, 4) is 11.4 Å². The molecular formula is C28H35FN4O2. The Kier molecular flexibility index (Phi) is 8.48. The molecule has 6 nitrogen and oxygen atoms in total. The summed E-state index contributed by atoms with van der Waals surface area (Å²) in [5.74, 6) is 6.60. The highest BCUT2D eigenvalue weighted by molar-refractivity contribution is 5.60. The smallest absolute Gasteiger partial charge is 0.184 e. The van der Waals surface area contributed by atoms with Crippen molar-refractivity contribution in [3.05, 3.63) is 96.0 Å². The van der Waals surface area contributed by atoms with Crippen LogP contribution in [0.25, 0.3) is 11.8 Å². The Hall–Kier alpha value is -3.42. The first kappa shape index (κ1) is 26.2. The molecule has 186 valence electrons. The van der Waals surface area contributed by atoms with Crippen LogP contribution in [0.1, 0.15) is 44.0 Å². The zero-order valence-corrected chi connectivity index (χ0v) is 21.2. The number of methoxy groups -OCH3 is 1. The average molecular weight is 479 g/mol. The second kappa shape index (κ2) is 11.3. The molecule has 1 aromatic heterocycles. The van der Waals surface area contributed by atoms with Crippen molar-refractivity contribution in [1.29, 1.82) is 0 Å². The van der Waals surface area contributed by atoms with Crippen LogP contribution in [0.5, 0.6) is 5.75 Å². The van der Waals surface area contributed by atoms with E-state index in [1.807, 2.05) is 59.9 Å². The van der Waals surface area contributed by atoms with Crippen LogP contribution in [0.4, 0.5) is 4.39 Å². The highest BCUT2D eigenvalue weighted by Crippen LogP contribution is 2.33. The summed E-state index contributed by atoms with van der Waals surface area (Å²) >= 11 is 0. The number of ether oxygens (including phenoxy) is 1. The topological polar surface area (TPSA) is 65.5 Å². The quantitative estimate of drug-likeness (QED) is 0.209. The number of nitrogens with two attached hydrogens (primary N) is 1. The Morgan fingerprint density at radius 3 is 2.57 bits per heavy atom. The second-order valence-electron chi connectivity index (χ2n) is 8.91. The molecule has 2 atom stereocenters. The van der Waals surface area contributed by atoms with E-state index in [4.69, 9.17) is 15.5 Å². The van der Waals surface area contributed by atoms with E-state index in [2.05, 4.69) is 25.4 Å². The number of hydrogen-bond donors (Lipinski definition) is 1. The lowest BCUT2D eigenvalue weighted by Crippen LogP contribution is -2.48. The number of imidazole rings is 1. The molecule has 0 bridgehead atoms. The Labute approximate surface area is 207 Å². The number of rotatable bonds is 11. The van der Waals surface area contributed by atoms with Crippen molar-refractivity contribution >= 4 is 6.08 Å². The monoisotopic (exact) mass is 478 g/mol. The Bertz CT molecular complexity index is 1170. The summed E-state index contributed by atoms with van der Waals surface area (Å²) in [6, 6.07) is 12.1. The standard InChI is InChI=1S/C28H35FN4O2/c1-7-20(2)17-33(28(5,35-30)24-11-13-25(29)14-12-24)22(4)8-9-23-10-15-26(27(16-23)34-6)32-18-21(3)31-19-32/h8-16,18-20H,4,7,17,30H2,1-3,5-6H3/b9-8+. The van der Waals surface area contributed by atoms with Gasteiger partial charge in [-0.1, -0.05) is 51.1 Å². The third kappa shape index (κ3) is 5.99. The molecule has 0 amide bonds. The van der Waals surface area contributed by atoms with Crippen molar-refractivity contribution in [3.63, 3.8) is 0 Å². The molecule has 0 radical (unpaired) electrons. The van der Waals surface area contributed by atoms with E-state index in [1.54, 1.807) is 25.6 Å². The van der Waals surface area contributed by atoms with Gasteiger partial charge in [0.25, 0.3) is 0 Å². The van der Waals surface area contributed by atoms with Gasteiger partial charge < -0.3 is 14.2 Å². The van der Waals surface area contributed by atoms with Gasteiger partial charge in [-0.3, -0.25) is 4.84 Å². The summed E-state index contributed by atoms with van der Waals surface area (Å²) in [5.41, 5.74) is 3.21. The molecule has 2 N–H and O–H groups in total. The third-order valence-electron chi connectivity index (χ3n) is 6.32. The lowest BCUT2D eigenvalue weighted by atomic mass is 9.99. The fraction of sp³-hybridized carbons (Fsp3) is 0.321. The van der Waals surface area contributed by atoms with Crippen molar-refractivity contribution < 1.29 is 14.0 Å². The van der Waals surface area contributed by atoms with Crippen LogP contribution in [-0.2, 0) is 10.6 Å². The van der Waals surface area contributed by atoms with Crippen molar-refractivity contribution in [2.45, 2.75) is 39.8 Å². The number of aromatic nitrogens is 2. The summed E-state index contributed by atoms with van der Waals surface area (Å²) in [4.78, 5) is 11.8. The molecule has 7 heteroatoms. The highest BCUT2D eigenvalue weighted by atomic mass is 19.1. The van der Waals surface area contributed by atoms with E-state index in [0.29, 0.717) is 12.5 Å². The Morgan fingerprint density at radius 2 is 2.00 bits per heavy atom. The van der Waals surface area contributed by atoms with E-state index in [0.717, 1.165) is 40.4 Å². The largest absolute Gasteiger partial charge is 0.495 e. The third-order valence-corrected chi connectivity index (χ3v) is 6.32. The Balaban J connectivity index is 1.92. The Morgan fingerprint density at radius 1 is 1.29 bits per heavy atom. The van der Waals surface area contributed by atoms with Crippen LogP contribution in [0.15, 0.2) is 73.3 Å². The summed E-state index contributed by atoms with van der Waals surface area (Å²) in [6.45, 7) is 13.1. The molecule has 35 heavy (non-hydrogen) atoms. The summed E-state index contributed by atoms with van der Waals surface area (Å²) in [5, 5.41) is 0. The van der Waals surface area contributed by atoms with Gasteiger partial charge in [-0.2, -0.15) is 0 Å². The molecule has 3 aromatic rings. The molecule has 2 unspecified atom stereocenters. The van der Waals surface area contributed by atoms with E-state index in [1.165, 1.54) is 12.1 Å². The van der Waals surface area contributed by atoms with Gasteiger partial charge in [-0.15, -0.1) is 0 Å². The number of hydrogen-bond acceptors (Lipinski definition) is 5. The predicted molar refractivity (Wildman–Crippen MR) is 138 cm³/mol. The van der Waals surface area contributed by atoms with E-state index < -0.39 is 5.72 Å². The van der Waals surface area contributed by atoms with Gasteiger partial charge in [-0.05, 0) is 55.7 Å². The van der Waals surface area contributed by atoms with Gasteiger partial charge in [-0.25, -0.2) is 15.3 Å². The number of aryl methyl sites for hydroxylation is 1. The predicted octanol–water partition coefficient (Wildman–Crippen LogP) is 5.97.